The van der Waals surface area contributed by atoms with Crippen molar-refractivity contribution in [2.75, 3.05) is 61.6 Å². The number of halogens is 1. The Bertz CT molecular complexity index is 2250. The molecule has 17 nitrogen and oxygen atoms in total. The number of fused-ring (bicyclic) bond motifs is 2. The summed E-state index contributed by atoms with van der Waals surface area (Å²) in [5.41, 5.74) is 14.6. The second-order valence-electron chi connectivity index (χ2n) is 13.4. The third-order valence-electron chi connectivity index (χ3n) is 9.59. The summed E-state index contributed by atoms with van der Waals surface area (Å²) in [6.45, 7) is 3.42. The molecular weight excluding hydrogens is 741 g/mol. The van der Waals surface area contributed by atoms with E-state index in [0.29, 0.717) is 46.2 Å². The summed E-state index contributed by atoms with van der Waals surface area (Å²) in [5, 5.41) is 11.7. The van der Waals surface area contributed by atoms with E-state index in [-0.39, 0.29) is 98.7 Å². The minimum absolute atomic E-state index is 0.0391. The molecule has 0 radical (unpaired) electrons. The van der Waals surface area contributed by atoms with Gasteiger partial charge < -0.3 is 36.9 Å². The number of carbonyl (C=O) groups is 6. The van der Waals surface area contributed by atoms with Gasteiger partial charge in [0.25, 0.3) is 11.8 Å². The molecular formula is C39H42FN9O8. The lowest BCUT2D eigenvalue weighted by atomic mass is 9.97. The minimum Gasteiger partial charge on any atom is -0.397 e. The molecule has 2 aliphatic rings. The summed E-state index contributed by atoms with van der Waals surface area (Å²) < 4.78 is 26.3. The van der Waals surface area contributed by atoms with E-state index >= 15 is 4.39 Å². The zero-order chi connectivity index (χ0) is 40.6. The van der Waals surface area contributed by atoms with Crippen LogP contribution in [-0.2, 0) is 28.7 Å². The van der Waals surface area contributed by atoms with Crippen molar-refractivity contribution in [2.45, 2.75) is 45.1 Å². The van der Waals surface area contributed by atoms with Gasteiger partial charge in [0.05, 0.1) is 55.1 Å². The number of ether oxygens (including phenoxy) is 2. The van der Waals surface area contributed by atoms with Crippen LogP contribution in [0.3, 0.4) is 0 Å². The van der Waals surface area contributed by atoms with Gasteiger partial charge in [-0.25, -0.2) is 9.37 Å². The van der Waals surface area contributed by atoms with Gasteiger partial charge in [-0.3, -0.25) is 44.0 Å². The van der Waals surface area contributed by atoms with Crippen LogP contribution < -0.4 is 32.7 Å². The van der Waals surface area contributed by atoms with Gasteiger partial charge in [0.2, 0.25) is 23.6 Å². The molecule has 0 spiro atoms. The number of nitrogens with two attached hydrogens (primary N) is 2. The average Bonchev–Trinajstić information content (AvgIpc) is 3.44. The Balaban J connectivity index is 0.840. The van der Waals surface area contributed by atoms with E-state index in [4.69, 9.17) is 20.9 Å². The first kappa shape index (κ1) is 40.1. The van der Waals surface area contributed by atoms with Crippen molar-refractivity contribution in [3.63, 3.8) is 0 Å². The highest BCUT2D eigenvalue weighted by Crippen LogP contribution is 2.36. The molecule has 0 saturated carbocycles. The van der Waals surface area contributed by atoms with Crippen LogP contribution in [0.2, 0.25) is 0 Å². The van der Waals surface area contributed by atoms with Gasteiger partial charge in [0.15, 0.2) is 5.82 Å². The number of anilines is 4. The maximum absolute atomic E-state index is 15.2. The molecule has 0 bridgehead atoms. The van der Waals surface area contributed by atoms with Crippen LogP contribution in [0.15, 0.2) is 48.9 Å². The van der Waals surface area contributed by atoms with E-state index in [1.165, 1.54) is 24.7 Å². The van der Waals surface area contributed by atoms with Gasteiger partial charge >= 0.3 is 0 Å². The molecule has 1 atom stereocenters. The number of pyridine rings is 2. The maximum atomic E-state index is 15.2. The summed E-state index contributed by atoms with van der Waals surface area (Å²) in [6, 6.07) is 6.98. The molecule has 0 aliphatic carbocycles. The van der Waals surface area contributed by atoms with E-state index in [1.807, 2.05) is 0 Å². The molecule has 18 heteroatoms. The molecule has 4 aromatic rings. The fourth-order valence-electron chi connectivity index (χ4n) is 6.58. The predicted octanol–water partition coefficient (Wildman–Crippen LogP) is 2.68. The first-order valence-corrected chi connectivity index (χ1v) is 18.3. The van der Waals surface area contributed by atoms with Crippen LogP contribution in [0.5, 0.6) is 0 Å². The molecule has 8 N–H and O–H groups in total. The van der Waals surface area contributed by atoms with Crippen LogP contribution in [0.25, 0.3) is 21.9 Å². The number of nitrogens with one attached hydrogen (secondary N) is 4. The number of nitrogen functional groups attached to an aromatic ring is 2. The van der Waals surface area contributed by atoms with E-state index in [1.54, 1.807) is 31.2 Å². The van der Waals surface area contributed by atoms with Gasteiger partial charge in [0, 0.05) is 66.9 Å². The van der Waals surface area contributed by atoms with Gasteiger partial charge in [-0.05, 0) is 55.0 Å². The summed E-state index contributed by atoms with van der Waals surface area (Å²) in [6.07, 6.45) is 5.00. The molecule has 298 valence electrons. The zero-order valence-electron chi connectivity index (χ0n) is 31.1. The first-order chi connectivity index (χ1) is 27.4. The van der Waals surface area contributed by atoms with Crippen molar-refractivity contribution < 1.29 is 42.6 Å². The molecule has 57 heavy (non-hydrogen) atoms. The molecule has 1 saturated heterocycles. The Labute approximate surface area is 326 Å². The largest absolute Gasteiger partial charge is 0.397 e. The SMILES string of the molecule is Cc1c(N)cncc1-c1cc2cc(NC(=O)CCCC(=O)NCCOCCOCCNc3cccc4c3C(=O)N(C3CCC(=O)NC3=O)C4=O)ncc2c(N)c1F. The van der Waals surface area contributed by atoms with Gasteiger partial charge in [0.1, 0.15) is 11.9 Å². The molecule has 1 unspecified atom stereocenters. The molecule has 4 heterocycles. The number of hydrogen-bond donors (Lipinski definition) is 6. The Hall–Kier alpha value is -6.53. The van der Waals surface area contributed by atoms with Crippen molar-refractivity contribution >= 4 is 69.1 Å². The summed E-state index contributed by atoms with van der Waals surface area (Å²) in [4.78, 5) is 84.1. The third-order valence-corrected chi connectivity index (χ3v) is 9.59. The van der Waals surface area contributed by atoms with Crippen LogP contribution in [0.1, 0.15) is 58.4 Å². The fraction of sp³-hybridized carbons (Fsp3) is 0.333. The van der Waals surface area contributed by atoms with E-state index in [0.717, 1.165) is 4.90 Å². The lowest BCUT2D eigenvalue weighted by Crippen LogP contribution is -2.54. The van der Waals surface area contributed by atoms with Crippen LogP contribution in [-0.4, -0.2) is 95.9 Å². The second-order valence-corrected chi connectivity index (χ2v) is 13.4. The first-order valence-electron chi connectivity index (χ1n) is 18.3. The highest BCUT2D eigenvalue weighted by atomic mass is 19.1. The molecule has 2 aliphatic heterocycles. The predicted molar refractivity (Wildman–Crippen MR) is 207 cm³/mol. The van der Waals surface area contributed by atoms with E-state index in [2.05, 4.69) is 31.2 Å². The highest BCUT2D eigenvalue weighted by molar-refractivity contribution is 6.25. The lowest BCUT2D eigenvalue weighted by Gasteiger charge is -2.27. The van der Waals surface area contributed by atoms with Gasteiger partial charge in [-0.1, -0.05) is 6.07 Å². The lowest BCUT2D eigenvalue weighted by molar-refractivity contribution is -0.136. The normalized spacial score (nSPS) is 15.1. The second kappa shape index (κ2) is 17.9. The fourth-order valence-corrected chi connectivity index (χ4v) is 6.58. The molecule has 6 rings (SSSR count). The number of hydrogen-bond acceptors (Lipinski definition) is 13. The number of aromatic nitrogens is 2. The Morgan fingerprint density at radius 1 is 0.930 bits per heavy atom. The zero-order valence-corrected chi connectivity index (χ0v) is 31.1. The Kier molecular flexibility index (Phi) is 12.6. The highest BCUT2D eigenvalue weighted by Gasteiger charge is 2.45. The van der Waals surface area contributed by atoms with Crippen molar-refractivity contribution in [1.82, 2.24) is 25.5 Å². The third kappa shape index (κ3) is 9.13. The molecule has 2 aromatic heterocycles. The van der Waals surface area contributed by atoms with Crippen molar-refractivity contribution in [3.8, 4) is 11.1 Å². The van der Waals surface area contributed by atoms with Crippen LogP contribution >= 0.6 is 0 Å². The monoisotopic (exact) mass is 783 g/mol. The smallest absolute Gasteiger partial charge is 0.264 e. The number of carbonyl (C=O) groups excluding carboxylic acids is 6. The van der Waals surface area contributed by atoms with E-state index < -0.39 is 35.5 Å². The van der Waals surface area contributed by atoms with Gasteiger partial charge in [-0.2, -0.15) is 0 Å². The number of amides is 6. The maximum Gasteiger partial charge on any atom is 0.264 e. The quantitative estimate of drug-likeness (QED) is 0.0513. The van der Waals surface area contributed by atoms with Gasteiger partial charge in [-0.15, -0.1) is 0 Å². The summed E-state index contributed by atoms with van der Waals surface area (Å²) in [5.74, 6) is -3.23. The number of rotatable bonds is 17. The Morgan fingerprint density at radius 3 is 2.46 bits per heavy atom. The standard InChI is InChI=1S/C39H42FN9O8/c1-21-25(18-43-20-27(21)41)24-16-22-17-30(46-19-26(22)36(42)35(24)40)47-32(51)7-3-6-31(50)45-11-13-57-15-14-56-12-10-44-28-5-2-4-23-34(28)39(55)49(38(23)54)29-8-9-33(52)48-37(29)53/h2,4-5,16-20,29,44H,3,6-15,41-42H2,1H3,(H,45,50)(H,46,47,51)(H,48,52,53). The summed E-state index contributed by atoms with van der Waals surface area (Å²) >= 11 is 0. The molecule has 6 amide bonds. The van der Waals surface area contributed by atoms with Crippen molar-refractivity contribution in [1.29, 1.82) is 0 Å². The number of piperidine rings is 1. The minimum atomic E-state index is -1.04. The molecule has 1 fully saturated rings. The molecule has 2 aromatic carbocycles. The number of imide groups is 2. The Morgan fingerprint density at radius 2 is 1.68 bits per heavy atom. The topological polar surface area (TPSA) is 250 Å². The van der Waals surface area contributed by atoms with Crippen molar-refractivity contribution in [3.05, 3.63) is 71.4 Å². The van der Waals surface area contributed by atoms with Crippen molar-refractivity contribution in [2.24, 2.45) is 0 Å². The van der Waals surface area contributed by atoms with Crippen LogP contribution in [0.4, 0.5) is 27.3 Å². The average molecular weight is 784 g/mol. The summed E-state index contributed by atoms with van der Waals surface area (Å²) in [7, 11) is 0. The van der Waals surface area contributed by atoms with Crippen LogP contribution in [0, 0.1) is 12.7 Å². The number of nitrogens with zero attached hydrogens (tertiary/aromatic N) is 3. The van der Waals surface area contributed by atoms with E-state index in [9.17, 15) is 28.8 Å². The number of benzene rings is 2.